The summed E-state index contributed by atoms with van der Waals surface area (Å²) in [6.45, 7) is 4.65. The van der Waals surface area contributed by atoms with E-state index < -0.39 is 0 Å². The second-order valence-corrected chi connectivity index (χ2v) is 7.14. The van der Waals surface area contributed by atoms with Crippen LogP contribution in [0.5, 0.6) is 0 Å². The van der Waals surface area contributed by atoms with Gasteiger partial charge in [0.05, 0.1) is 0 Å². The van der Waals surface area contributed by atoms with E-state index >= 15 is 0 Å². The van der Waals surface area contributed by atoms with Crippen molar-refractivity contribution in [1.29, 1.82) is 0 Å². The smallest absolute Gasteiger partial charge is 0.123 e. The topological polar surface area (TPSA) is 12.0 Å². The van der Waals surface area contributed by atoms with Gasteiger partial charge in [-0.15, -0.1) is 11.8 Å². The molecule has 0 radical (unpaired) electrons. The average molecular weight is 281 g/mol. The molecule has 1 nitrogen and oxygen atoms in total. The van der Waals surface area contributed by atoms with Gasteiger partial charge in [-0.3, -0.25) is 0 Å². The largest absolute Gasteiger partial charge is 0.316 e. The molecule has 0 spiro atoms. The molecule has 2 rings (SSSR count). The molecule has 0 bridgehead atoms. The van der Waals surface area contributed by atoms with Crippen LogP contribution in [-0.2, 0) is 0 Å². The van der Waals surface area contributed by atoms with Crippen molar-refractivity contribution in [3.05, 3.63) is 30.1 Å². The summed E-state index contributed by atoms with van der Waals surface area (Å²) in [7, 11) is 2.05. The first-order valence-corrected chi connectivity index (χ1v) is 8.07. The number of hydrogen-bond acceptors (Lipinski definition) is 2. The van der Waals surface area contributed by atoms with Crippen LogP contribution in [0.3, 0.4) is 0 Å². The van der Waals surface area contributed by atoms with Gasteiger partial charge in [-0.25, -0.2) is 4.39 Å². The van der Waals surface area contributed by atoms with Crippen LogP contribution >= 0.6 is 11.8 Å². The zero-order chi connectivity index (χ0) is 13.8. The van der Waals surface area contributed by atoms with Crippen LogP contribution in [0.25, 0.3) is 0 Å². The fraction of sp³-hybridized carbons (Fsp3) is 0.625. The highest BCUT2D eigenvalue weighted by molar-refractivity contribution is 8.00. The first-order valence-electron chi connectivity index (χ1n) is 7.19. The molecule has 0 saturated heterocycles. The third kappa shape index (κ3) is 3.96. The van der Waals surface area contributed by atoms with Gasteiger partial charge in [0.1, 0.15) is 5.82 Å². The van der Waals surface area contributed by atoms with Gasteiger partial charge >= 0.3 is 0 Å². The van der Waals surface area contributed by atoms with E-state index in [0.29, 0.717) is 11.3 Å². The van der Waals surface area contributed by atoms with E-state index in [4.69, 9.17) is 0 Å². The lowest BCUT2D eigenvalue weighted by atomic mass is 9.79. The summed E-state index contributed by atoms with van der Waals surface area (Å²) >= 11 is 1.90. The summed E-state index contributed by atoms with van der Waals surface area (Å²) in [4.78, 5) is 1.18. The van der Waals surface area contributed by atoms with Gasteiger partial charge in [-0.2, -0.15) is 0 Å². The average Bonchev–Trinajstić information content (AvgIpc) is 2.41. The molecule has 3 heteroatoms. The molecule has 0 amide bonds. The second-order valence-electron chi connectivity index (χ2n) is 5.82. The van der Waals surface area contributed by atoms with Crippen molar-refractivity contribution in [2.45, 2.75) is 49.3 Å². The summed E-state index contributed by atoms with van der Waals surface area (Å²) in [6, 6.07) is 7.47. The Hall–Kier alpha value is -0.540. The molecule has 1 aromatic carbocycles. The van der Waals surface area contributed by atoms with Gasteiger partial charge in [0.25, 0.3) is 0 Å². The van der Waals surface area contributed by atoms with E-state index in [1.807, 2.05) is 23.9 Å². The van der Waals surface area contributed by atoms with Crippen LogP contribution in [-0.4, -0.2) is 18.3 Å². The number of halogens is 1. The molecule has 1 fully saturated rings. The van der Waals surface area contributed by atoms with Gasteiger partial charge in [-0.05, 0) is 62.4 Å². The standard InChI is InChI=1S/C16H24FNS/c1-11(2)12-4-9-15(18-3)16(10-12)19-14-7-5-13(17)6-8-14/h5-8,11-12,15-16,18H,4,9-10H2,1-3H3. The number of thioether (sulfide) groups is 1. The van der Waals surface area contributed by atoms with Crippen molar-refractivity contribution in [3.63, 3.8) is 0 Å². The highest BCUT2D eigenvalue weighted by Crippen LogP contribution is 2.39. The lowest BCUT2D eigenvalue weighted by Gasteiger charge is -2.37. The molecule has 0 aliphatic heterocycles. The minimum atomic E-state index is -0.154. The molecule has 1 N–H and O–H groups in total. The van der Waals surface area contributed by atoms with Crippen molar-refractivity contribution in [3.8, 4) is 0 Å². The molecule has 1 saturated carbocycles. The monoisotopic (exact) mass is 281 g/mol. The molecule has 1 aliphatic carbocycles. The van der Waals surface area contributed by atoms with E-state index in [0.717, 1.165) is 11.8 Å². The minimum absolute atomic E-state index is 0.154. The Morgan fingerprint density at radius 3 is 2.47 bits per heavy atom. The number of benzene rings is 1. The Morgan fingerprint density at radius 1 is 1.21 bits per heavy atom. The molecule has 106 valence electrons. The molecule has 1 aliphatic rings. The highest BCUT2D eigenvalue weighted by atomic mass is 32.2. The van der Waals surface area contributed by atoms with Gasteiger partial charge in [0, 0.05) is 16.2 Å². The van der Waals surface area contributed by atoms with Gasteiger partial charge in [0.15, 0.2) is 0 Å². The molecule has 1 aromatic rings. The summed E-state index contributed by atoms with van der Waals surface area (Å²) in [5, 5.41) is 4.04. The lowest BCUT2D eigenvalue weighted by molar-refractivity contribution is 0.251. The summed E-state index contributed by atoms with van der Waals surface area (Å²) in [6.07, 6.45) is 3.83. The van der Waals surface area contributed by atoms with Gasteiger partial charge < -0.3 is 5.32 Å². The quantitative estimate of drug-likeness (QED) is 0.881. The van der Waals surface area contributed by atoms with Gasteiger partial charge in [0.2, 0.25) is 0 Å². The molecule has 0 aromatic heterocycles. The second kappa shape index (κ2) is 6.76. The number of rotatable bonds is 4. The van der Waals surface area contributed by atoms with Crippen LogP contribution in [0, 0.1) is 17.7 Å². The van der Waals surface area contributed by atoms with E-state index in [1.165, 1.54) is 24.2 Å². The van der Waals surface area contributed by atoms with Crippen molar-refractivity contribution >= 4 is 11.8 Å². The molecular weight excluding hydrogens is 257 g/mol. The fourth-order valence-corrected chi connectivity index (χ4v) is 4.34. The molecule has 3 unspecified atom stereocenters. The lowest BCUT2D eigenvalue weighted by Crippen LogP contribution is -2.41. The Kier molecular flexibility index (Phi) is 5.28. The van der Waals surface area contributed by atoms with Crippen molar-refractivity contribution in [2.24, 2.45) is 11.8 Å². The number of nitrogens with one attached hydrogen (secondary N) is 1. The zero-order valence-corrected chi connectivity index (χ0v) is 12.8. The van der Waals surface area contributed by atoms with E-state index in [1.54, 1.807) is 12.1 Å². The minimum Gasteiger partial charge on any atom is -0.316 e. The van der Waals surface area contributed by atoms with Crippen LogP contribution < -0.4 is 5.32 Å². The maximum Gasteiger partial charge on any atom is 0.123 e. The Balaban J connectivity index is 2.03. The van der Waals surface area contributed by atoms with Crippen LogP contribution in [0.1, 0.15) is 33.1 Å². The maximum absolute atomic E-state index is 13.0. The van der Waals surface area contributed by atoms with Gasteiger partial charge in [-0.1, -0.05) is 13.8 Å². The predicted octanol–water partition coefficient (Wildman–Crippen LogP) is 4.33. The number of hydrogen-bond donors (Lipinski definition) is 1. The van der Waals surface area contributed by atoms with E-state index in [9.17, 15) is 4.39 Å². The predicted molar refractivity (Wildman–Crippen MR) is 81.1 cm³/mol. The first-order chi connectivity index (χ1) is 9.10. The van der Waals surface area contributed by atoms with Crippen molar-refractivity contribution < 1.29 is 4.39 Å². The van der Waals surface area contributed by atoms with Crippen molar-refractivity contribution in [1.82, 2.24) is 5.32 Å². The van der Waals surface area contributed by atoms with E-state index in [-0.39, 0.29) is 5.82 Å². The molecule has 3 atom stereocenters. The fourth-order valence-electron chi connectivity index (χ4n) is 2.91. The van der Waals surface area contributed by atoms with E-state index in [2.05, 4.69) is 26.2 Å². The van der Waals surface area contributed by atoms with Crippen LogP contribution in [0.15, 0.2) is 29.2 Å². The first kappa shape index (κ1) is 14.9. The maximum atomic E-state index is 13.0. The molecule has 19 heavy (non-hydrogen) atoms. The third-order valence-corrected chi connectivity index (χ3v) is 5.62. The Bertz CT molecular complexity index is 390. The normalized spacial score (nSPS) is 27.7. The Labute approximate surface area is 120 Å². The summed E-state index contributed by atoms with van der Waals surface area (Å²) < 4.78 is 13.0. The zero-order valence-electron chi connectivity index (χ0n) is 12.0. The SMILES string of the molecule is CNC1CCC(C(C)C)CC1Sc1ccc(F)cc1. The summed E-state index contributed by atoms with van der Waals surface area (Å²) in [5.41, 5.74) is 0. The molecular formula is C16H24FNS. The summed E-state index contributed by atoms with van der Waals surface area (Å²) in [5.74, 6) is 1.43. The van der Waals surface area contributed by atoms with Crippen LogP contribution in [0.2, 0.25) is 0 Å². The highest BCUT2D eigenvalue weighted by Gasteiger charge is 2.31. The van der Waals surface area contributed by atoms with Crippen molar-refractivity contribution in [2.75, 3.05) is 7.05 Å². The Morgan fingerprint density at radius 2 is 1.89 bits per heavy atom. The third-order valence-electron chi connectivity index (χ3n) is 4.25. The van der Waals surface area contributed by atoms with Crippen LogP contribution in [0.4, 0.5) is 4.39 Å². The molecule has 0 heterocycles.